The Kier molecular flexibility index (Phi) is 3.97. The Morgan fingerprint density at radius 3 is 2.19 bits per heavy atom. The normalized spacial score (nSPS) is 22.2. The SMILES string of the molecule is ON=C1CCCC(c2ccccc2)CCC1. The summed E-state index contributed by atoms with van der Waals surface area (Å²) >= 11 is 0. The second-order valence-electron chi connectivity index (χ2n) is 4.56. The summed E-state index contributed by atoms with van der Waals surface area (Å²) < 4.78 is 0. The molecular formula is C14H19NO. The average molecular weight is 217 g/mol. The van der Waals surface area contributed by atoms with E-state index in [4.69, 9.17) is 5.21 Å². The van der Waals surface area contributed by atoms with Crippen LogP contribution < -0.4 is 0 Å². The van der Waals surface area contributed by atoms with Crippen molar-refractivity contribution in [3.8, 4) is 0 Å². The molecule has 0 spiro atoms. The van der Waals surface area contributed by atoms with Gasteiger partial charge in [0.2, 0.25) is 0 Å². The summed E-state index contributed by atoms with van der Waals surface area (Å²) in [5, 5.41) is 12.1. The molecule has 1 aliphatic rings. The van der Waals surface area contributed by atoms with Crippen molar-refractivity contribution in [1.82, 2.24) is 0 Å². The van der Waals surface area contributed by atoms with E-state index in [1.165, 1.54) is 18.4 Å². The lowest BCUT2D eigenvalue weighted by molar-refractivity contribution is 0.314. The summed E-state index contributed by atoms with van der Waals surface area (Å²) in [6.07, 6.45) is 6.61. The van der Waals surface area contributed by atoms with Crippen molar-refractivity contribution in [2.75, 3.05) is 0 Å². The third kappa shape index (κ3) is 2.84. The van der Waals surface area contributed by atoms with Crippen LogP contribution in [0.25, 0.3) is 0 Å². The third-order valence-electron chi connectivity index (χ3n) is 3.45. The predicted octanol–water partition coefficient (Wildman–Crippen LogP) is 3.95. The van der Waals surface area contributed by atoms with Gasteiger partial charge in [0.25, 0.3) is 0 Å². The summed E-state index contributed by atoms with van der Waals surface area (Å²) in [6, 6.07) is 10.8. The van der Waals surface area contributed by atoms with Crippen LogP contribution in [0.5, 0.6) is 0 Å². The highest BCUT2D eigenvalue weighted by molar-refractivity contribution is 5.83. The molecule has 1 aliphatic carbocycles. The van der Waals surface area contributed by atoms with Crippen molar-refractivity contribution in [1.29, 1.82) is 0 Å². The van der Waals surface area contributed by atoms with Gasteiger partial charge in [0.05, 0.1) is 5.71 Å². The van der Waals surface area contributed by atoms with Crippen LogP contribution in [0.1, 0.15) is 50.0 Å². The molecule has 1 N–H and O–H groups in total. The first-order valence-corrected chi connectivity index (χ1v) is 6.15. The van der Waals surface area contributed by atoms with Gasteiger partial charge < -0.3 is 5.21 Å². The number of oxime groups is 1. The summed E-state index contributed by atoms with van der Waals surface area (Å²) in [6.45, 7) is 0. The molecule has 0 aromatic heterocycles. The van der Waals surface area contributed by atoms with Crippen molar-refractivity contribution in [3.63, 3.8) is 0 Å². The first-order valence-electron chi connectivity index (χ1n) is 6.15. The van der Waals surface area contributed by atoms with E-state index < -0.39 is 0 Å². The molecule has 0 bridgehead atoms. The van der Waals surface area contributed by atoms with E-state index in [2.05, 4.69) is 35.5 Å². The number of nitrogens with zero attached hydrogens (tertiary/aromatic N) is 1. The minimum absolute atomic E-state index is 0.696. The van der Waals surface area contributed by atoms with E-state index in [0.717, 1.165) is 31.4 Å². The first-order chi connectivity index (χ1) is 7.90. The van der Waals surface area contributed by atoms with Crippen LogP contribution >= 0.6 is 0 Å². The zero-order valence-electron chi connectivity index (χ0n) is 9.60. The number of rotatable bonds is 1. The monoisotopic (exact) mass is 217 g/mol. The Morgan fingerprint density at radius 2 is 1.62 bits per heavy atom. The molecule has 0 amide bonds. The maximum atomic E-state index is 8.78. The van der Waals surface area contributed by atoms with Crippen LogP contribution in [0.2, 0.25) is 0 Å². The second kappa shape index (κ2) is 5.69. The van der Waals surface area contributed by atoms with Gasteiger partial charge in [0.1, 0.15) is 0 Å². The lowest BCUT2D eigenvalue weighted by Crippen LogP contribution is -2.08. The predicted molar refractivity (Wildman–Crippen MR) is 66.1 cm³/mol. The van der Waals surface area contributed by atoms with Crippen LogP contribution in [-0.4, -0.2) is 10.9 Å². The fourth-order valence-electron chi connectivity index (χ4n) is 2.53. The average Bonchev–Trinajstić information content (AvgIpc) is 2.30. The van der Waals surface area contributed by atoms with Crippen LogP contribution in [0.4, 0.5) is 0 Å². The topological polar surface area (TPSA) is 32.6 Å². The van der Waals surface area contributed by atoms with E-state index in [9.17, 15) is 0 Å². The lowest BCUT2D eigenvalue weighted by Gasteiger charge is -2.20. The first kappa shape index (κ1) is 11.2. The molecule has 0 saturated heterocycles. The highest BCUT2D eigenvalue weighted by atomic mass is 16.4. The highest BCUT2D eigenvalue weighted by Crippen LogP contribution is 2.29. The van der Waals surface area contributed by atoms with Crippen LogP contribution in [0.3, 0.4) is 0 Å². The molecule has 1 saturated carbocycles. The largest absolute Gasteiger partial charge is 0.411 e. The number of hydrogen-bond acceptors (Lipinski definition) is 2. The van der Waals surface area contributed by atoms with Gasteiger partial charge in [-0.15, -0.1) is 0 Å². The summed E-state index contributed by atoms with van der Waals surface area (Å²) in [5.74, 6) is 0.696. The second-order valence-corrected chi connectivity index (χ2v) is 4.56. The van der Waals surface area contributed by atoms with Crippen molar-refractivity contribution in [2.45, 2.75) is 44.4 Å². The fourth-order valence-corrected chi connectivity index (χ4v) is 2.53. The van der Waals surface area contributed by atoms with E-state index in [-0.39, 0.29) is 0 Å². The molecule has 1 aromatic carbocycles. The Labute approximate surface area is 97.0 Å². The van der Waals surface area contributed by atoms with Gasteiger partial charge in [-0.3, -0.25) is 0 Å². The zero-order chi connectivity index (χ0) is 11.2. The van der Waals surface area contributed by atoms with Gasteiger partial charge in [-0.25, -0.2) is 0 Å². The van der Waals surface area contributed by atoms with Gasteiger partial charge in [-0.05, 0) is 50.0 Å². The maximum Gasteiger partial charge on any atom is 0.0570 e. The molecular weight excluding hydrogens is 198 g/mol. The highest BCUT2D eigenvalue weighted by Gasteiger charge is 2.15. The minimum Gasteiger partial charge on any atom is -0.411 e. The van der Waals surface area contributed by atoms with Gasteiger partial charge in [-0.2, -0.15) is 0 Å². The molecule has 2 rings (SSSR count). The van der Waals surface area contributed by atoms with E-state index in [0.29, 0.717) is 5.92 Å². The number of benzene rings is 1. The van der Waals surface area contributed by atoms with Crippen molar-refractivity contribution in [3.05, 3.63) is 35.9 Å². The van der Waals surface area contributed by atoms with Crippen LogP contribution in [0.15, 0.2) is 35.5 Å². The molecule has 16 heavy (non-hydrogen) atoms. The van der Waals surface area contributed by atoms with Gasteiger partial charge in [0, 0.05) is 0 Å². The molecule has 1 fully saturated rings. The smallest absolute Gasteiger partial charge is 0.0570 e. The zero-order valence-corrected chi connectivity index (χ0v) is 9.60. The molecule has 86 valence electrons. The molecule has 1 aromatic rings. The summed E-state index contributed by atoms with van der Waals surface area (Å²) in [7, 11) is 0. The van der Waals surface area contributed by atoms with Crippen molar-refractivity contribution >= 4 is 5.71 Å². The molecule has 0 atom stereocenters. The van der Waals surface area contributed by atoms with Crippen LogP contribution in [-0.2, 0) is 0 Å². The maximum absolute atomic E-state index is 8.78. The van der Waals surface area contributed by atoms with Crippen molar-refractivity contribution in [2.24, 2.45) is 5.16 Å². The minimum atomic E-state index is 0.696. The Balaban J connectivity index is 1.98. The van der Waals surface area contributed by atoms with Gasteiger partial charge >= 0.3 is 0 Å². The third-order valence-corrected chi connectivity index (χ3v) is 3.45. The molecule has 2 nitrogen and oxygen atoms in total. The molecule has 0 heterocycles. The summed E-state index contributed by atoms with van der Waals surface area (Å²) in [5.41, 5.74) is 2.44. The van der Waals surface area contributed by atoms with Crippen molar-refractivity contribution < 1.29 is 5.21 Å². The van der Waals surface area contributed by atoms with E-state index >= 15 is 0 Å². The fraction of sp³-hybridized carbons (Fsp3) is 0.500. The molecule has 0 aliphatic heterocycles. The number of hydrogen-bond donors (Lipinski definition) is 1. The Bertz CT molecular complexity index is 333. The van der Waals surface area contributed by atoms with Gasteiger partial charge in [0.15, 0.2) is 0 Å². The molecule has 0 radical (unpaired) electrons. The van der Waals surface area contributed by atoms with Gasteiger partial charge in [-0.1, -0.05) is 35.5 Å². The standard InChI is InChI=1S/C14H19NO/c16-15-14-10-4-8-13(9-5-11-14)12-6-2-1-3-7-12/h1-3,6-7,13,16H,4-5,8-11H2. The van der Waals surface area contributed by atoms with E-state index in [1.54, 1.807) is 0 Å². The van der Waals surface area contributed by atoms with Crippen LogP contribution in [0, 0.1) is 0 Å². The molecule has 0 unspecified atom stereocenters. The lowest BCUT2D eigenvalue weighted by atomic mass is 9.85. The molecule has 2 heteroatoms. The van der Waals surface area contributed by atoms with E-state index in [1.807, 2.05) is 0 Å². The Hall–Kier alpha value is -1.31. The quantitative estimate of drug-likeness (QED) is 0.560. The Morgan fingerprint density at radius 1 is 1.00 bits per heavy atom. The summed E-state index contributed by atoms with van der Waals surface area (Å²) in [4.78, 5) is 0.